The molecule has 0 aliphatic heterocycles. The first kappa shape index (κ1) is 56.9. The highest BCUT2D eigenvalue weighted by Gasteiger charge is 2.03. The van der Waals surface area contributed by atoms with Gasteiger partial charge in [0.1, 0.15) is 17.0 Å². The van der Waals surface area contributed by atoms with Gasteiger partial charge in [-0.1, -0.05) is 297 Å². The Balaban J connectivity index is 0.000000182. The maximum Gasteiger partial charge on any atom is 0.135 e. The summed E-state index contributed by atoms with van der Waals surface area (Å²) in [5.74, 6) is -0.178. The average molecular weight is 1110 g/mol. The van der Waals surface area contributed by atoms with E-state index in [0.717, 1.165) is 17.2 Å². The van der Waals surface area contributed by atoms with E-state index in [2.05, 4.69) is 143 Å². The Bertz CT molecular complexity index is 3740. The summed E-state index contributed by atoms with van der Waals surface area (Å²) in [6.45, 7) is 2.08. The zero-order chi connectivity index (χ0) is 63.9. The molecular weight excluding hydrogens is 1040 g/mol. The van der Waals surface area contributed by atoms with E-state index in [-0.39, 0.29) is 36.0 Å². The third kappa shape index (κ3) is 29.6. The highest BCUT2D eigenvalue weighted by atomic mass is 19.1. The van der Waals surface area contributed by atoms with Crippen LogP contribution in [0.25, 0.3) is 43.5 Å². The predicted molar refractivity (Wildman–Crippen MR) is 356 cm³/mol. The average Bonchev–Trinajstić information content (AvgIpc) is 1.87. The number of furan rings is 1. The lowest BCUT2D eigenvalue weighted by Gasteiger charge is -1.92. The standard InChI is InChI=1S/C12H8O.2C10H8.C7H5N.C7H8.C6H5F.2C6H6.3C5H5N/c1-3-7-11-9(5-1)10-6-2-4-8-12(10)13-11;2*1-2-6-10-8-4-3-7-9(10)5-1;8-6-7-4-2-1-3-5-7;1-7-5-3-2-4-6-7;7-6-4-2-1-3-5-6;5*1-2-4-6-5-3-1/h1-8H;2*1-8H;1-5H;2-6H,1H3;1-5H;2*1-6H;3*1-5H/i;;;;;;1D,2D,3D,4D,5D;;;;. The molecule has 0 aliphatic rings. The zero-order valence-corrected chi connectivity index (χ0v) is 47.3. The van der Waals surface area contributed by atoms with Crippen LogP contribution in [0.3, 0.4) is 0 Å². The van der Waals surface area contributed by atoms with Crippen molar-refractivity contribution < 1.29 is 15.7 Å². The van der Waals surface area contributed by atoms with Gasteiger partial charge in [-0.2, -0.15) is 5.26 Å². The molecule has 11 aromatic carbocycles. The maximum atomic E-state index is 11.9. The van der Waals surface area contributed by atoms with Gasteiger partial charge in [0.25, 0.3) is 0 Å². The summed E-state index contributed by atoms with van der Waals surface area (Å²) in [7, 11) is 0. The summed E-state index contributed by atoms with van der Waals surface area (Å²) in [5.41, 5.74) is 3.96. The molecule has 0 spiro atoms. The van der Waals surface area contributed by atoms with Crippen molar-refractivity contribution in [3.05, 3.63) is 418 Å². The molecule has 4 aromatic heterocycles. The highest BCUT2D eigenvalue weighted by molar-refractivity contribution is 6.04. The summed E-state index contributed by atoms with van der Waals surface area (Å²) in [5, 5.41) is 15.9. The highest BCUT2D eigenvalue weighted by Crippen LogP contribution is 2.27. The molecule has 0 atom stereocenters. The van der Waals surface area contributed by atoms with Gasteiger partial charge in [-0.3, -0.25) is 15.0 Å². The van der Waals surface area contributed by atoms with Crippen molar-refractivity contribution in [3.8, 4) is 6.07 Å². The Morgan fingerprint density at radius 1 is 0.306 bits per heavy atom. The molecule has 15 aromatic rings. The zero-order valence-electron chi connectivity index (χ0n) is 52.3. The molecule has 0 unspecified atom stereocenters. The number of hydrogen-bond donors (Lipinski definition) is 0. The number of rotatable bonds is 0. The van der Waals surface area contributed by atoms with Crippen molar-refractivity contribution >= 4 is 43.5 Å². The molecule has 0 N–H and O–H groups in total. The second kappa shape index (κ2) is 43.4. The van der Waals surface area contributed by atoms with Crippen LogP contribution in [0.5, 0.6) is 0 Å². The number of nitrogens with zero attached hydrogens (tertiary/aromatic N) is 4. The van der Waals surface area contributed by atoms with Gasteiger partial charge in [0.2, 0.25) is 0 Å². The number of aromatic nitrogens is 3. The van der Waals surface area contributed by atoms with Gasteiger partial charge < -0.3 is 4.42 Å². The molecule has 0 fully saturated rings. The number of pyridine rings is 3. The van der Waals surface area contributed by atoms with Crippen LogP contribution in [0.4, 0.5) is 4.39 Å². The number of nitriles is 1. The first-order valence-corrected chi connectivity index (χ1v) is 27.1. The Hall–Kier alpha value is -11.4. The maximum absolute atomic E-state index is 11.9. The van der Waals surface area contributed by atoms with Crippen LogP contribution in [0, 0.1) is 24.1 Å². The predicted octanol–water partition coefficient (Wildman–Crippen LogP) is 21.3. The van der Waals surface area contributed by atoms with Crippen LogP contribution in [0.1, 0.15) is 18.0 Å². The second-order valence-electron chi connectivity index (χ2n) is 17.3. The normalized spacial score (nSPS) is 9.87. The van der Waals surface area contributed by atoms with E-state index in [1.165, 1.54) is 50.0 Å². The minimum atomic E-state index is -0.345. The Labute approximate surface area is 508 Å². The molecule has 6 heteroatoms. The van der Waals surface area contributed by atoms with Crippen molar-refractivity contribution in [2.45, 2.75) is 6.92 Å². The third-order valence-electron chi connectivity index (χ3n) is 11.0. The molecule has 4 heterocycles. The van der Waals surface area contributed by atoms with Crippen molar-refractivity contribution in [2.24, 2.45) is 0 Å². The summed E-state index contributed by atoms with van der Waals surface area (Å²) < 4.78 is 53.1. The van der Waals surface area contributed by atoms with E-state index in [0.29, 0.717) is 5.56 Å². The lowest BCUT2D eigenvalue weighted by molar-refractivity contribution is 0.628. The summed E-state index contributed by atoms with van der Waals surface area (Å²) >= 11 is 0. The van der Waals surface area contributed by atoms with Crippen LogP contribution in [-0.4, -0.2) is 15.0 Å². The summed E-state index contributed by atoms with van der Waals surface area (Å²) in [6, 6.07) is 108. The van der Waals surface area contributed by atoms with Gasteiger partial charge in [0, 0.05) is 48.0 Å². The summed E-state index contributed by atoms with van der Waals surface area (Å²) in [4.78, 5) is 11.4. The van der Waals surface area contributed by atoms with Crippen LogP contribution in [0.15, 0.2) is 405 Å². The molecular formula is C79H69FN4O. The molecule has 0 saturated carbocycles. The number of hydrogen-bond acceptors (Lipinski definition) is 5. The third-order valence-corrected chi connectivity index (χ3v) is 11.0. The Kier molecular flexibility index (Phi) is 29.0. The first-order chi connectivity index (χ1) is 44.1. The lowest BCUT2D eigenvalue weighted by atomic mass is 10.1. The smallest absolute Gasteiger partial charge is 0.135 e. The van der Waals surface area contributed by atoms with Crippen LogP contribution < -0.4 is 0 Å². The fraction of sp³-hybridized carbons (Fsp3) is 0.0127. The SMILES string of the molecule is Cc1ccccc1.Fc1ccccc1.N#Cc1ccccc1.[2H]c1cc([2H])c([2H])c([2H])c1[2H].c1ccc2c(c1)oc1ccccc12.c1ccc2ccccc2c1.c1ccc2ccccc2c1.c1ccccc1.c1ccncc1.c1ccncc1.c1ccncc1. The van der Waals surface area contributed by atoms with E-state index in [9.17, 15) is 4.39 Å². The van der Waals surface area contributed by atoms with E-state index < -0.39 is 0 Å². The Morgan fingerprint density at radius 2 is 0.565 bits per heavy atom. The van der Waals surface area contributed by atoms with E-state index in [1.54, 1.807) is 67.5 Å². The molecule has 0 bridgehead atoms. The fourth-order valence-corrected chi connectivity index (χ4v) is 6.94. The minimum absolute atomic E-state index is 0.170. The first-order valence-electron chi connectivity index (χ1n) is 29.6. The molecule has 5 nitrogen and oxygen atoms in total. The van der Waals surface area contributed by atoms with Gasteiger partial charge in [-0.25, -0.2) is 4.39 Å². The quantitative estimate of drug-likeness (QED) is 0.151. The molecule has 418 valence electrons. The molecule has 15 rings (SSSR count). The number of aryl methyl sites for hydroxylation is 1. The van der Waals surface area contributed by atoms with Gasteiger partial charge in [0.05, 0.1) is 18.5 Å². The van der Waals surface area contributed by atoms with Gasteiger partial charge in [-0.05, 0) is 101 Å². The monoisotopic (exact) mass is 1110 g/mol. The number of para-hydroxylation sites is 2. The Morgan fingerprint density at radius 3 is 0.812 bits per heavy atom. The minimum Gasteiger partial charge on any atom is -0.456 e. The molecule has 85 heavy (non-hydrogen) atoms. The lowest BCUT2D eigenvalue weighted by Crippen LogP contribution is -1.67. The van der Waals surface area contributed by atoms with Crippen LogP contribution in [0.2, 0.25) is 0 Å². The van der Waals surface area contributed by atoms with Crippen molar-refractivity contribution in [1.82, 2.24) is 15.0 Å². The number of benzene rings is 11. The fourth-order valence-electron chi connectivity index (χ4n) is 6.94. The van der Waals surface area contributed by atoms with E-state index >= 15 is 0 Å². The second-order valence-corrected chi connectivity index (χ2v) is 17.3. The number of fused-ring (bicyclic) bond motifs is 5. The van der Waals surface area contributed by atoms with E-state index in [1.807, 2.05) is 170 Å². The van der Waals surface area contributed by atoms with Crippen molar-refractivity contribution in [2.75, 3.05) is 0 Å². The van der Waals surface area contributed by atoms with Crippen LogP contribution >= 0.6 is 0 Å². The largest absolute Gasteiger partial charge is 0.456 e. The van der Waals surface area contributed by atoms with Gasteiger partial charge >= 0.3 is 0 Å². The van der Waals surface area contributed by atoms with Crippen molar-refractivity contribution in [1.29, 1.82) is 5.26 Å². The van der Waals surface area contributed by atoms with Crippen molar-refractivity contribution in [3.63, 3.8) is 0 Å². The molecule has 0 aliphatic carbocycles. The van der Waals surface area contributed by atoms with E-state index in [4.69, 9.17) is 16.5 Å². The van der Waals surface area contributed by atoms with Crippen LogP contribution in [-0.2, 0) is 0 Å². The van der Waals surface area contributed by atoms with Gasteiger partial charge in [-0.15, -0.1) is 0 Å². The molecule has 0 radical (unpaired) electrons. The summed E-state index contributed by atoms with van der Waals surface area (Å²) in [6.07, 6.45) is 10.5. The topological polar surface area (TPSA) is 75.6 Å². The van der Waals surface area contributed by atoms with Gasteiger partial charge in [0.15, 0.2) is 0 Å². The number of halogens is 1. The molecule has 0 amide bonds. The molecule has 0 saturated heterocycles.